The zero-order chi connectivity index (χ0) is 18.9. The lowest BCUT2D eigenvalue weighted by molar-refractivity contribution is -0.118. The molecule has 0 aliphatic heterocycles. The third kappa shape index (κ3) is 5.44. The fraction of sp³-hybridized carbons (Fsp3) is 0.0909. The Bertz CT molecular complexity index is 896. The average Bonchev–Trinajstić information content (AvgIpc) is 2.72. The van der Waals surface area contributed by atoms with Crippen LogP contribution in [0, 0.1) is 0 Å². The molecule has 0 heterocycles. The van der Waals surface area contributed by atoms with Gasteiger partial charge in [-0.2, -0.15) is 0 Å². The van der Waals surface area contributed by atoms with Crippen LogP contribution in [0.3, 0.4) is 0 Å². The van der Waals surface area contributed by atoms with E-state index in [-0.39, 0.29) is 18.4 Å². The van der Waals surface area contributed by atoms with E-state index in [2.05, 4.69) is 10.6 Å². The summed E-state index contributed by atoms with van der Waals surface area (Å²) in [6.07, 6.45) is 0. The Morgan fingerprint density at radius 3 is 2.15 bits per heavy atom. The number of hydrogen-bond donors (Lipinski definition) is 2. The fourth-order valence-corrected chi connectivity index (χ4v) is 2.52. The summed E-state index contributed by atoms with van der Waals surface area (Å²) < 4.78 is 5.43. The Morgan fingerprint density at radius 1 is 0.778 bits per heavy atom. The van der Waals surface area contributed by atoms with Crippen molar-refractivity contribution in [3.63, 3.8) is 0 Å². The lowest BCUT2D eigenvalue weighted by Gasteiger charge is -2.12. The minimum absolute atomic E-state index is 0.135. The molecule has 5 heteroatoms. The third-order valence-corrected chi connectivity index (χ3v) is 3.85. The average molecular weight is 360 g/mol. The SMILES string of the molecule is O=C(COc1ccccc1)Nc1ccccc1C(=O)NCc1ccccc1. The molecule has 0 aliphatic carbocycles. The van der Waals surface area contributed by atoms with Gasteiger partial charge in [-0.25, -0.2) is 0 Å². The normalized spacial score (nSPS) is 10.1. The molecule has 0 fully saturated rings. The predicted octanol–water partition coefficient (Wildman–Crippen LogP) is 3.63. The number of rotatable bonds is 7. The van der Waals surface area contributed by atoms with Crippen molar-refractivity contribution in [2.75, 3.05) is 11.9 Å². The molecule has 0 bridgehead atoms. The standard InChI is InChI=1S/C22H20N2O3/c25-21(16-27-18-11-5-2-6-12-18)24-20-14-8-7-13-19(20)22(26)23-15-17-9-3-1-4-10-17/h1-14H,15-16H2,(H,23,26)(H,24,25). The van der Waals surface area contributed by atoms with E-state index >= 15 is 0 Å². The van der Waals surface area contributed by atoms with Gasteiger partial charge < -0.3 is 15.4 Å². The quantitative estimate of drug-likeness (QED) is 0.676. The van der Waals surface area contributed by atoms with Gasteiger partial charge in [-0.1, -0.05) is 60.7 Å². The molecule has 5 nitrogen and oxygen atoms in total. The van der Waals surface area contributed by atoms with Crippen molar-refractivity contribution in [3.05, 3.63) is 96.1 Å². The van der Waals surface area contributed by atoms with E-state index < -0.39 is 0 Å². The first-order valence-corrected chi connectivity index (χ1v) is 8.61. The molecule has 3 aromatic rings. The summed E-state index contributed by atoms with van der Waals surface area (Å²) in [6.45, 7) is 0.281. The maximum atomic E-state index is 12.5. The maximum Gasteiger partial charge on any atom is 0.262 e. The first-order chi connectivity index (χ1) is 13.2. The summed E-state index contributed by atoms with van der Waals surface area (Å²) in [7, 11) is 0. The Hall–Kier alpha value is -3.60. The number of ether oxygens (including phenoxy) is 1. The number of benzene rings is 3. The van der Waals surface area contributed by atoms with Crippen LogP contribution in [0.2, 0.25) is 0 Å². The number of anilines is 1. The lowest BCUT2D eigenvalue weighted by atomic mass is 10.1. The topological polar surface area (TPSA) is 67.4 Å². The second-order valence-electron chi connectivity index (χ2n) is 5.86. The maximum absolute atomic E-state index is 12.5. The van der Waals surface area contributed by atoms with E-state index in [1.807, 2.05) is 48.5 Å². The van der Waals surface area contributed by atoms with E-state index in [1.54, 1.807) is 36.4 Å². The molecule has 2 amide bonds. The zero-order valence-electron chi connectivity index (χ0n) is 14.7. The third-order valence-electron chi connectivity index (χ3n) is 3.85. The Labute approximate surface area is 158 Å². The number of carbonyl (C=O) groups is 2. The van der Waals surface area contributed by atoms with Gasteiger partial charge in [0.25, 0.3) is 11.8 Å². The second-order valence-corrected chi connectivity index (χ2v) is 5.86. The molecule has 0 atom stereocenters. The van der Waals surface area contributed by atoms with Crippen LogP contribution < -0.4 is 15.4 Å². The van der Waals surface area contributed by atoms with Gasteiger partial charge in [0.15, 0.2) is 6.61 Å². The van der Waals surface area contributed by atoms with Crippen LogP contribution in [-0.2, 0) is 11.3 Å². The van der Waals surface area contributed by atoms with Crippen LogP contribution in [0.5, 0.6) is 5.75 Å². The van der Waals surface area contributed by atoms with E-state index in [9.17, 15) is 9.59 Å². The van der Waals surface area contributed by atoms with Gasteiger partial charge in [-0.15, -0.1) is 0 Å². The van der Waals surface area contributed by atoms with Crippen LogP contribution >= 0.6 is 0 Å². The molecule has 0 aromatic heterocycles. The summed E-state index contributed by atoms with van der Waals surface area (Å²) in [6, 6.07) is 25.6. The van der Waals surface area contributed by atoms with Crippen LogP contribution in [0.15, 0.2) is 84.9 Å². The van der Waals surface area contributed by atoms with Crippen molar-refractivity contribution in [2.24, 2.45) is 0 Å². The fourth-order valence-electron chi connectivity index (χ4n) is 2.52. The number of nitrogens with one attached hydrogen (secondary N) is 2. The van der Waals surface area contributed by atoms with Gasteiger partial charge in [-0.3, -0.25) is 9.59 Å². The van der Waals surface area contributed by atoms with Crippen molar-refractivity contribution < 1.29 is 14.3 Å². The molecular formula is C22H20N2O3. The summed E-state index contributed by atoms with van der Waals surface area (Å²) in [5, 5.41) is 5.60. The lowest BCUT2D eigenvalue weighted by Crippen LogP contribution is -2.26. The van der Waals surface area contributed by atoms with Crippen molar-refractivity contribution in [1.29, 1.82) is 0 Å². The molecule has 3 rings (SSSR count). The van der Waals surface area contributed by atoms with E-state index in [0.717, 1.165) is 5.56 Å². The van der Waals surface area contributed by atoms with Gasteiger partial charge in [0.1, 0.15) is 5.75 Å². The second kappa shape index (κ2) is 9.20. The van der Waals surface area contributed by atoms with E-state index in [1.165, 1.54) is 0 Å². The first-order valence-electron chi connectivity index (χ1n) is 8.61. The summed E-state index contributed by atoms with van der Waals surface area (Å²) in [5.41, 5.74) is 1.86. The number of carbonyl (C=O) groups excluding carboxylic acids is 2. The molecule has 0 saturated heterocycles. The monoisotopic (exact) mass is 360 g/mol. The molecule has 0 saturated carbocycles. The van der Waals surface area contributed by atoms with Crippen LogP contribution in [0.25, 0.3) is 0 Å². The molecule has 0 spiro atoms. The van der Waals surface area contributed by atoms with Crippen molar-refractivity contribution >= 4 is 17.5 Å². The van der Waals surface area contributed by atoms with Crippen LogP contribution in [0.4, 0.5) is 5.69 Å². The number of para-hydroxylation sites is 2. The van der Waals surface area contributed by atoms with Crippen LogP contribution in [0.1, 0.15) is 15.9 Å². The molecular weight excluding hydrogens is 340 g/mol. The highest BCUT2D eigenvalue weighted by atomic mass is 16.5. The minimum Gasteiger partial charge on any atom is -0.484 e. The van der Waals surface area contributed by atoms with E-state index in [0.29, 0.717) is 23.5 Å². The largest absolute Gasteiger partial charge is 0.484 e. The molecule has 136 valence electrons. The highest BCUT2D eigenvalue weighted by molar-refractivity contribution is 6.04. The molecule has 0 radical (unpaired) electrons. The Balaban J connectivity index is 1.59. The van der Waals surface area contributed by atoms with Gasteiger partial charge in [0.05, 0.1) is 11.3 Å². The van der Waals surface area contributed by atoms with Gasteiger partial charge >= 0.3 is 0 Å². The highest BCUT2D eigenvalue weighted by Gasteiger charge is 2.13. The number of hydrogen-bond acceptors (Lipinski definition) is 3. The highest BCUT2D eigenvalue weighted by Crippen LogP contribution is 2.15. The molecule has 0 aliphatic rings. The van der Waals surface area contributed by atoms with Crippen molar-refractivity contribution in [2.45, 2.75) is 6.54 Å². The van der Waals surface area contributed by atoms with Crippen molar-refractivity contribution in [3.8, 4) is 5.75 Å². The smallest absolute Gasteiger partial charge is 0.262 e. The van der Waals surface area contributed by atoms with Crippen LogP contribution in [-0.4, -0.2) is 18.4 Å². The minimum atomic E-state index is -0.331. The predicted molar refractivity (Wildman–Crippen MR) is 105 cm³/mol. The Morgan fingerprint density at radius 2 is 1.41 bits per heavy atom. The molecule has 3 aromatic carbocycles. The number of amides is 2. The van der Waals surface area contributed by atoms with Gasteiger partial charge in [0, 0.05) is 6.54 Å². The first kappa shape index (κ1) is 18.2. The molecule has 2 N–H and O–H groups in total. The molecule has 27 heavy (non-hydrogen) atoms. The summed E-state index contributed by atoms with van der Waals surface area (Å²) in [4.78, 5) is 24.7. The van der Waals surface area contributed by atoms with Gasteiger partial charge in [-0.05, 0) is 29.8 Å². The van der Waals surface area contributed by atoms with E-state index in [4.69, 9.17) is 4.74 Å². The zero-order valence-corrected chi connectivity index (χ0v) is 14.7. The summed E-state index contributed by atoms with van der Waals surface area (Å²) >= 11 is 0. The Kier molecular flexibility index (Phi) is 6.20. The summed E-state index contributed by atoms with van der Waals surface area (Å²) in [5.74, 6) is 0.0300. The molecule has 0 unspecified atom stereocenters. The van der Waals surface area contributed by atoms with Gasteiger partial charge in [0.2, 0.25) is 0 Å². The van der Waals surface area contributed by atoms with Crippen molar-refractivity contribution in [1.82, 2.24) is 5.32 Å².